The summed E-state index contributed by atoms with van der Waals surface area (Å²) in [6.45, 7) is 0.744. The maximum Gasteiger partial charge on any atom is 0.110 e. The first-order valence-electron chi connectivity index (χ1n) is 6.16. The monoisotopic (exact) mass is 342 g/mol. The number of fused-ring (bicyclic) bond motifs is 1. The summed E-state index contributed by atoms with van der Waals surface area (Å²) in [5.74, 6) is 0. The fourth-order valence-corrected chi connectivity index (χ4v) is 3.17. The van der Waals surface area contributed by atoms with E-state index in [1.54, 1.807) is 0 Å². The molecule has 3 aromatic rings. The van der Waals surface area contributed by atoms with Crippen LogP contribution in [0.15, 0.2) is 53.0 Å². The normalized spacial score (nSPS) is 10.4. The van der Waals surface area contributed by atoms with E-state index in [1.807, 2.05) is 18.2 Å². The molecule has 0 spiro atoms. The van der Waals surface area contributed by atoms with E-state index in [9.17, 15) is 0 Å². The quantitative estimate of drug-likeness (QED) is 0.714. The van der Waals surface area contributed by atoms with Gasteiger partial charge < -0.3 is 5.32 Å². The zero-order chi connectivity index (χ0) is 13.9. The highest BCUT2D eigenvalue weighted by Crippen LogP contribution is 2.24. The van der Waals surface area contributed by atoms with Gasteiger partial charge in [-0.2, -0.15) is 5.26 Å². The van der Waals surface area contributed by atoms with E-state index >= 15 is 0 Å². The lowest BCUT2D eigenvalue weighted by atomic mass is 10.1. The largest absolute Gasteiger partial charge is 0.380 e. The fraction of sp³-hybridized carbons (Fsp3) is 0.0625. The highest BCUT2D eigenvalue weighted by Gasteiger charge is 2.01. The molecule has 4 heteroatoms. The van der Waals surface area contributed by atoms with Gasteiger partial charge in [-0.25, -0.2) is 0 Å². The van der Waals surface area contributed by atoms with Crippen LogP contribution in [0.25, 0.3) is 10.8 Å². The average Bonchev–Trinajstić information content (AvgIpc) is 2.93. The molecule has 0 aliphatic heterocycles. The Kier molecular flexibility index (Phi) is 3.72. The molecule has 0 unspecified atom stereocenters. The molecule has 0 saturated carbocycles. The number of anilines is 1. The van der Waals surface area contributed by atoms with Gasteiger partial charge in [0.05, 0.1) is 0 Å². The van der Waals surface area contributed by atoms with Crippen LogP contribution in [0.3, 0.4) is 0 Å². The molecule has 0 aliphatic carbocycles. The van der Waals surface area contributed by atoms with Gasteiger partial charge >= 0.3 is 0 Å². The van der Waals surface area contributed by atoms with Crippen LogP contribution in [0.5, 0.6) is 0 Å². The van der Waals surface area contributed by atoms with Crippen molar-refractivity contribution >= 4 is 43.7 Å². The van der Waals surface area contributed by atoms with Crippen molar-refractivity contribution < 1.29 is 0 Å². The highest BCUT2D eigenvalue weighted by molar-refractivity contribution is 9.10. The van der Waals surface area contributed by atoms with Crippen molar-refractivity contribution in [3.63, 3.8) is 0 Å². The van der Waals surface area contributed by atoms with Crippen molar-refractivity contribution in [2.45, 2.75) is 6.54 Å². The van der Waals surface area contributed by atoms with E-state index in [0.29, 0.717) is 0 Å². The van der Waals surface area contributed by atoms with Crippen LogP contribution in [0.2, 0.25) is 0 Å². The number of nitriles is 1. The Morgan fingerprint density at radius 2 is 1.85 bits per heavy atom. The lowest BCUT2D eigenvalue weighted by molar-refractivity contribution is 1.20. The Morgan fingerprint density at radius 3 is 2.65 bits per heavy atom. The lowest BCUT2D eigenvalue weighted by Gasteiger charge is -2.06. The zero-order valence-electron chi connectivity index (χ0n) is 10.6. The Hall–Kier alpha value is -1.83. The Balaban J connectivity index is 1.77. The molecule has 0 bridgehead atoms. The minimum absolute atomic E-state index is 0.744. The summed E-state index contributed by atoms with van der Waals surface area (Å²) in [7, 11) is 0. The average molecular weight is 343 g/mol. The van der Waals surface area contributed by atoms with Gasteiger partial charge in [-0.3, -0.25) is 0 Å². The van der Waals surface area contributed by atoms with Crippen molar-refractivity contribution in [2.75, 3.05) is 5.32 Å². The first kappa shape index (κ1) is 13.2. The summed E-state index contributed by atoms with van der Waals surface area (Å²) < 4.78 is 1.09. The van der Waals surface area contributed by atoms with Gasteiger partial charge in [0, 0.05) is 21.6 Å². The third kappa shape index (κ3) is 2.84. The molecule has 98 valence electrons. The lowest BCUT2D eigenvalue weighted by Crippen LogP contribution is -1.96. The van der Waals surface area contributed by atoms with Gasteiger partial charge in [0.1, 0.15) is 10.9 Å². The zero-order valence-corrected chi connectivity index (χ0v) is 13.0. The van der Waals surface area contributed by atoms with E-state index in [-0.39, 0.29) is 0 Å². The standard InChI is InChI=1S/C16H11BrN2S/c17-13-3-1-12-8-14(4-2-11(12)7-13)19-10-16-6-5-15(9-18)20-16/h1-8,19H,10H2. The first-order valence-corrected chi connectivity index (χ1v) is 7.77. The van der Waals surface area contributed by atoms with Crippen LogP contribution in [-0.2, 0) is 6.54 Å². The number of nitrogens with one attached hydrogen (secondary N) is 1. The van der Waals surface area contributed by atoms with Crippen LogP contribution in [0, 0.1) is 11.3 Å². The molecule has 2 nitrogen and oxygen atoms in total. The summed E-state index contributed by atoms with van der Waals surface area (Å²) in [4.78, 5) is 1.92. The summed E-state index contributed by atoms with van der Waals surface area (Å²) in [5, 5.41) is 14.6. The fourth-order valence-electron chi connectivity index (χ4n) is 2.05. The number of rotatable bonds is 3. The summed E-state index contributed by atoms with van der Waals surface area (Å²) in [6.07, 6.45) is 0. The summed E-state index contributed by atoms with van der Waals surface area (Å²) >= 11 is 5.01. The number of hydrogen-bond acceptors (Lipinski definition) is 3. The van der Waals surface area contributed by atoms with Crippen LogP contribution in [-0.4, -0.2) is 0 Å². The van der Waals surface area contributed by atoms with Gasteiger partial charge in [-0.1, -0.05) is 28.1 Å². The van der Waals surface area contributed by atoms with Crippen LogP contribution < -0.4 is 5.32 Å². The molecule has 3 rings (SSSR count). The molecule has 1 heterocycles. The third-order valence-electron chi connectivity index (χ3n) is 3.04. The number of thiophene rings is 1. The molecule has 0 radical (unpaired) electrons. The van der Waals surface area contributed by atoms with Crippen LogP contribution in [0.4, 0.5) is 5.69 Å². The SMILES string of the molecule is N#Cc1ccc(CNc2ccc3cc(Br)ccc3c2)s1. The van der Waals surface area contributed by atoms with Crippen LogP contribution >= 0.6 is 27.3 Å². The topological polar surface area (TPSA) is 35.8 Å². The number of benzene rings is 2. The second-order valence-corrected chi connectivity index (χ2v) is 6.52. The molecule has 2 aromatic carbocycles. The molecule has 0 amide bonds. The van der Waals surface area contributed by atoms with Gasteiger partial charge in [-0.05, 0) is 47.2 Å². The molecular weight excluding hydrogens is 332 g/mol. The Labute approximate surface area is 129 Å². The second kappa shape index (κ2) is 5.66. The molecule has 20 heavy (non-hydrogen) atoms. The van der Waals surface area contributed by atoms with Gasteiger partial charge in [0.25, 0.3) is 0 Å². The smallest absolute Gasteiger partial charge is 0.110 e. The highest BCUT2D eigenvalue weighted by atomic mass is 79.9. The predicted octanol–water partition coefficient (Wildman–Crippen LogP) is 5.15. The van der Waals surface area contributed by atoms with Crippen molar-refractivity contribution in [3.05, 3.63) is 62.8 Å². The van der Waals surface area contributed by atoms with E-state index in [0.717, 1.165) is 26.5 Å². The summed E-state index contributed by atoms with van der Waals surface area (Å²) in [5.41, 5.74) is 1.09. The minimum Gasteiger partial charge on any atom is -0.380 e. The third-order valence-corrected chi connectivity index (χ3v) is 4.52. The molecule has 0 atom stereocenters. The van der Waals surface area contributed by atoms with Gasteiger partial charge in [0.2, 0.25) is 0 Å². The van der Waals surface area contributed by atoms with Crippen molar-refractivity contribution in [1.29, 1.82) is 5.26 Å². The van der Waals surface area contributed by atoms with Crippen molar-refractivity contribution in [1.82, 2.24) is 0 Å². The maximum absolute atomic E-state index is 8.81. The number of hydrogen-bond donors (Lipinski definition) is 1. The molecule has 0 aliphatic rings. The predicted molar refractivity (Wildman–Crippen MR) is 88.0 cm³/mol. The number of halogens is 1. The molecule has 1 aromatic heterocycles. The minimum atomic E-state index is 0.744. The Morgan fingerprint density at radius 1 is 1.05 bits per heavy atom. The van der Waals surface area contributed by atoms with E-state index in [1.165, 1.54) is 22.1 Å². The van der Waals surface area contributed by atoms with Crippen molar-refractivity contribution in [3.8, 4) is 6.07 Å². The van der Waals surface area contributed by atoms with Gasteiger partial charge in [-0.15, -0.1) is 11.3 Å². The van der Waals surface area contributed by atoms with E-state index in [4.69, 9.17) is 5.26 Å². The molecule has 0 fully saturated rings. The molecule has 1 N–H and O–H groups in total. The maximum atomic E-state index is 8.81. The van der Waals surface area contributed by atoms with Crippen LogP contribution in [0.1, 0.15) is 9.75 Å². The first-order chi connectivity index (χ1) is 9.74. The second-order valence-electron chi connectivity index (χ2n) is 4.44. The Bertz CT molecular complexity index is 802. The molecule has 0 saturated heterocycles. The van der Waals surface area contributed by atoms with Gasteiger partial charge in [0.15, 0.2) is 0 Å². The summed E-state index contributed by atoms with van der Waals surface area (Å²) in [6, 6.07) is 18.6. The van der Waals surface area contributed by atoms with E-state index < -0.39 is 0 Å². The van der Waals surface area contributed by atoms with E-state index in [2.05, 4.69) is 57.6 Å². The van der Waals surface area contributed by atoms with Crippen molar-refractivity contribution in [2.24, 2.45) is 0 Å². The molecular formula is C16H11BrN2S. The number of nitrogens with zero attached hydrogens (tertiary/aromatic N) is 1.